The zero-order valence-corrected chi connectivity index (χ0v) is 12.7. The number of hydrogen-bond donors (Lipinski definition) is 2. The van der Waals surface area contributed by atoms with Crippen LogP contribution in [0, 0.1) is 0 Å². The third-order valence-corrected chi connectivity index (χ3v) is 4.09. The Morgan fingerprint density at radius 3 is 2.59 bits per heavy atom. The van der Waals surface area contributed by atoms with Gasteiger partial charge in [-0.05, 0) is 36.4 Å². The van der Waals surface area contributed by atoms with Gasteiger partial charge in [-0.15, -0.1) is 11.8 Å². The summed E-state index contributed by atoms with van der Waals surface area (Å²) in [6, 6.07) is 12.8. The molecule has 0 saturated heterocycles. The molecule has 22 heavy (non-hydrogen) atoms. The second-order valence-electron chi connectivity index (χ2n) is 4.76. The zero-order valence-electron chi connectivity index (χ0n) is 11.9. The second-order valence-corrected chi connectivity index (χ2v) is 5.81. The number of rotatable bonds is 4. The predicted molar refractivity (Wildman–Crippen MR) is 87.6 cm³/mol. The van der Waals surface area contributed by atoms with Crippen LogP contribution >= 0.6 is 11.8 Å². The second kappa shape index (κ2) is 6.62. The van der Waals surface area contributed by atoms with E-state index in [2.05, 4.69) is 5.32 Å². The van der Waals surface area contributed by atoms with Crippen molar-refractivity contribution in [2.24, 2.45) is 0 Å². The van der Waals surface area contributed by atoms with Crippen LogP contribution in [-0.2, 0) is 4.79 Å². The summed E-state index contributed by atoms with van der Waals surface area (Å²) in [7, 11) is 0. The van der Waals surface area contributed by atoms with Crippen LogP contribution in [0.1, 0.15) is 0 Å². The van der Waals surface area contributed by atoms with Gasteiger partial charge in [0, 0.05) is 22.3 Å². The van der Waals surface area contributed by atoms with E-state index in [1.165, 1.54) is 11.8 Å². The van der Waals surface area contributed by atoms with Crippen molar-refractivity contribution in [2.45, 2.75) is 4.90 Å². The lowest BCUT2D eigenvalue weighted by atomic mass is 10.2. The van der Waals surface area contributed by atoms with Crippen LogP contribution in [0.4, 0.5) is 11.4 Å². The number of nitrogen functional groups attached to an aromatic ring is 1. The molecular formula is C16H16N2O3S. The van der Waals surface area contributed by atoms with Crippen LogP contribution in [0.2, 0.25) is 0 Å². The van der Waals surface area contributed by atoms with Gasteiger partial charge in [0.1, 0.15) is 13.2 Å². The van der Waals surface area contributed by atoms with E-state index >= 15 is 0 Å². The first kappa shape index (κ1) is 14.6. The van der Waals surface area contributed by atoms with E-state index in [4.69, 9.17) is 15.2 Å². The molecule has 114 valence electrons. The van der Waals surface area contributed by atoms with Gasteiger partial charge in [0.15, 0.2) is 11.5 Å². The highest BCUT2D eigenvalue weighted by Crippen LogP contribution is 2.32. The van der Waals surface area contributed by atoms with Crippen LogP contribution in [0.3, 0.4) is 0 Å². The zero-order chi connectivity index (χ0) is 15.4. The molecule has 1 aliphatic rings. The maximum Gasteiger partial charge on any atom is 0.234 e. The van der Waals surface area contributed by atoms with Crippen LogP contribution in [-0.4, -0.2) is 24.9 Å². The summed E-state index contributed by atoms with van der Waals surface area (Å²) in [5.41, 5.74) is 7.04. The normalized spacial score (nSPS) is 12.7. The number of nitrogens with one attached hydrogen (secondary N) is 1. The minimum atomic E-state index is -0.0708. The number of amides is 1. The van der Waals surface area contributed by atoms with E-state index in [0.717, 1.165) is 4.90 Å². The fraction of sp³-hybridized carbons (Fsp3) is 0.188. The quantitative estimate of drug-likeness (QED) is 0.670. The number of thioether (sulfide) groups is 1. The van der Waals surface area contributed by atoms with Gasteiger partial charge in [-0.25, -0.2) is 0 Å². The molecule has 0 fully saturated rings. The van der Waals surface area contributed by atoms with Gasteiger partial charge in [-0.1, -0.05) is 0 Å². The molecule has 0 radical (unpaired) electrons. The third-order valence-electron chi connectivity index (χ3n) is 3.08. The Bertz CT molecular complexity index is 674. The summed E-state index contributed by atoms with van der Waals surface area (Å²) in [5.74, 6) is 1.63. The molecule has 0 aromatic heterocycles. The first-order chi connectivity index (χ1) is 10.7. The molecule has 0 unspecified atom stereocenters. The molecule has 1 heterocycles. The van der Waals surface area contributed by atoms with E-state index in [1.807, 2.05) is 24.3 Å². The van der Waals surface area contributed by atoms with Gasteiger partial charge in [0.2, 0.25) is 5.91 Å². The van der Waals surface area contributed by atoms with Crippen molar-refractivity contribution in [1.82, 2.24) is 0 Å². The fourth-order valence-electron chi connectivity index (χ4n) is 2.03. The van der Waals surface area contributed by atoms with E-state index in [-0.39, 0.29) is 5.91 Å². The highest BCUT2D eigenvalue weighted by Gasteiger charge is 2.12. The monoisotopic (exact) mass is 316 g/mol. The highest BCUT2D eigenvalue weighted by atomic mass is 32.2. The predicted octanol–water partition coefficient (Wildman–Crippen LogP) is 2.77. The van der Waals surface area contributed by atoms with E-state index < -0.39 is 0 Å². The summed E-state index contributed by atoms with van der Waals surface area (Å²) in [6.45, 7) is 1.08. The van der Waals surface area contributed by atoms with Crippen molar-refractivity contribution in [2.75, 3.05) is 30.0 Å². The third kappa shape index (κ3) is 3.65. The largest absolute Gasteiger partial charge is 0.486 e. The molecule has 1 amide bonds. The van der Waals surface area contributed by atoms with Crippen LogP contribution in [0.5, 0.6) is 11.5 Å². The van der Waals surface area contributed by atoms with Crippen LogP contribution in [0.15, 0.2) is 47.4 Å². The Morgan fingerprint density at radius 2 is 1.82 bits per heavy atom. The Balaban J connectivity index is 1.56. The lowest BCUT2D eigenvalue weighted by Crippen LogP contribution is -2.17. The molecule has 5 nitrogen and oxygen atoms in total. The molecule has 3 N–H and O–H groups in total. The maximum atomic E-state index is 12.0. The molecule has 0 bridgehead atoms. The molecule has 0 atom stereocenters. The SMILES string of the molecule is Nc1ccc(SCC(=O)Nc2ccc3c(c2)OCCO3)cc1. The Labute approximate surface area is 132 Å². The maximum absolute atomic E-state index is 12.0. The summed E-state index contributed by atoms with van der Waals surface area (Å²) in [4.78, 5) is 13.0. The number of nitrogens with two attached hydrogens (primary N) is 1. The topological polar surface area (TPSA) is 73.6 Å². The van der Waals surface area contributed by atoms with Crippen molar-refractivity contribution in [3.63, 3.8) is 0 Å². The molecule has 0 aliphatic carbocycles. The first-order valence-electron chi connectivity index (χ1n) is 6.88. The van der Waals surface area contributed by atoms with E-state index in [1.54, 1.807) is 18.2 Å². The average Bonchev–Trinajstić information content (AvgIpc) is 2.54. The number of fused-ring (bicyclic) bond motifs is 1. The Kier molecular flexibility index (Phi) is 4.39. The van der Waals surface area contributed by atoms with Crippen LogP contribution in [0.25, 0.3) is 0 Å². The fourth-order valence-corrected chi connectivity index (χ4v) is 2.73. The highest BCUT2D eigenvalue weighted by molar-refractivity contribution is 8.00. The summed E-state index contributed by atoms with van der Waals surface area (Å²) < 4.78 is 10.9. The van der Waals surface area contributed by atoms with Gasteiger partial charge < -0.3 is 20.5 Å². The number of anilines is 2. The Morgan fingerprint density at radius 1 is 1.09 bits per heavy atom. The van der Waals surface area contributed by atoms with E-state index in [0.29, 0.717) is 41.8 Å². The average molecular weight is 316 g/mol. The standard InChI is InChI=1S/C16H16N2O3S/c17-11-1-4-13(5-2-11)22-10-16(19)18-12-3-6-14-15(9-12)21-8-7-20-14/h1-6,9H,7-8,10,17H2,(H,18,19). The van der Waals surface area contributed by atoms with Crippen molar-refractivity contribution in [3.8, 4) is 11.5 Å². The van der Waals surface area contributed by atoms with Crippen LogP contribution < -0.4 is 20.5 Å². The van der Waals surface area contributed by atoms with Gasteiger partial charge in [-0.2, -0.15) is 0 Å². The number of benzene rings is 2. The molecule has 2 aromatic carbocycles. The minimum absolute atomic E-state index is 0.0708. The number of ether oxygens (including phenoxy) is 2. The van der Waals surface area contributed by atoms with Gasteiger partial charge in [-0.3, -0.25) is 4.79 Å². The van der Waals surface area contributed by atoms with Gasteiger partial charge >= 0.3 is 0 Å². The summed E-state index contributed by atoms with van der Waals surface area (Å²) in [5, 5.41) is 2.85. The lowest BCUT2D eigenvalue weighted by molar-refractivity contribution is -0.113. The molecule has 0 saturated carbocycles. The molecular weight excluding hydrogens is 300 g/mol. The molecule has 2 aromatic rings. The van der Waals surface area contributed by atoms with Gasteiger partial charge in [0.25, 0.3) is 0 Å². The first-order valence-corrected chi connectivity index (χ1v) is 7.87. The summed E-state index contributed by atoms with van der Waals surface area (Å²) >= 11 is 1.46. The number of carbonyl (C=O) groups is 1. The van der Waals surface area contributed by atoms with Gasteiger partial charge in [0.05, 0.1) is 5.75 Å². The van der Waals surface area contributed by atoms with E-state index in [9.17, 15) is 4.79 Å². The molecule has 3 rings (SSSR count). The molecule has 1 aliphatic heterocycles. The Hall–Kier alpha value is -2.34. The minimum Gasteiger partial charge on any atom is -0.486 e. The number of carbonyl (C=O) groups excluding carboxylic acids is 1. The molecule has 0 spiro atoms. The molecule has 6 heteroatoms. The van der Waals surface area contributed by atoms with Crippen molar-refractivity contribution < 1.29 is 14.3 Å². The summed E-state index contributed by atoms with van der Waals surface area (Å²) in [6.07, 6.45) is 0. The van der Waals surface area contributed by atoms with Crippen molar-refractivity contribution >= 4 is 29.0 Å². The lowest BCUT2D eigenvalue weighted by Gasteiger charge is -2.19. The van der Waals surface area contributed by atoms with Crippen molar-refractivity contribution in [1.29, 1.82) is 0 Å². The van der Waals surface area contributed by atoms with Crippen molar-refractivity contribution in [3.05, 3.63) is 42.5 Å². The smallest absolute Gasteiger partial charge is 0.234 e. The number of hydrogen-bond acceptors (Lipinski definition) is 5.